The molecule has 4 aromatic heterocycles. The molecular formula is C50H37N6P. The number of hydrogen-bond donors (Lipinski definition) is 0. The quantitative estimate of drug-likeness (QED) is 0.123. The maximum absolute atomic E-state index is 5.50. The zero-order chi connectivity index (χ0) is 38.2. The molecule has 7 heteroatoms. The van der Waals surface area contributed by atoms with Crippen molar-refractivity contribution in [3.63, 3.8) is 0 Å². The molecule has 0 saturated heterocycles. The number of para-hydroxylation sites is 2. The van der Waals surface area contributed by atoms with Crippen molar-refractivity contribution in [3.8, 4) is 22.5 Å². The Bertz CT molecular complexity index is 2530. The van der Waals surface area contributed by atoms with Crippen LogP contribution >= 0.6 is 7.92 Å². The first kappa shape index (κ1) is 35.4. The smallest absolute Gasteiger partial charge is 0.138 e. The average Bonchev–Trinajstić information content (AvgIpc) is 3.29. The highest BCUT2D eigenvalue weighted by Crippen LogP contribution is 2.39. The molecule has 0 fully saturated rings. The fraction of sp³-hybridized carbons (Fsp3) is 0. The van der Waals surface area contributed by atoms with Gasteiger partial charge in [-0.05, 0) is 102 Å². The average molecular weight is 753 g/mol. The normalized spacial score (nSPS) is 11.0. The molecule has 0 bridgehead atoms. The van der Waals surface area contributed by atoms with Crippen LogP contribution in [0.2, 0.25) is 0 Å². The Hall–Kier alpha value is -7.27. The van der Waals surface area contributed by atoms with E-state index in [4.69, 9.17) is 9.97 Å². The molecule has 5 aromatic carbocycles. The molecule has 9 aromatic rings. The molecule has 0 aliphatic carbocycles. The fourth-order valence-electron chi connectivity index (χ4n) is 6.94. The van der Waals surface area contributed by atoms with Gasteiger partial charge in [0.2, 0.25) is 0 Å². The van der Waals surface area contributed by atoms with E-state index < -0.39 is 7.92 Å². The van der Waals surface area contributed by atoms with Gasteiger partial charge in [-0.2, -0.15) is 0 Å². The van der Waals surface area contributed by atoms with E-state index in [0.29, 0.717) is 0 Å². The van der Waals surface area contributed by atoms with Gasteiger partial charge in [-0.1, -0.05) is 115 Å². The lowest BCUT2D eigenvalue weighted by Gasteiger charge is -2.27. The van der Waals surface area contributed by atoms with E-state index in [2.05, 4.69) is 184 Å². The molecule has 0 spiro atoms. The highest BCUT2D eigenvalue weighted by Gasteiger charge is 2.24. The summed E-state index contributed by atoms with van der Waals surface area (Å²) in [6.07, 6.45) is 3.66. The van der Waals surface area contributed by atoms with Gasteiger partial charge < -0.3 is 0 Å². The zero-order valence-electron chi connectivity index (χ0n) is 31.0. The van der Waals surface area contributed by atoms with Gasteiger partial charge in [-0.3, -0.25) is 19.8 Å². The summed E-state index contributed by atoms with van der Waals surface area (Å²) >= 11 is 0. The van der Waals surface area contributed by atoms with Crippen LogP contribution in [0, 0.1) is 0 Å². The minimum Gasteiger partial charge on any atom is -0.295 e. The first-order valence-electron chi connectivity index (χ1n) is 18.8. The molecule has 0 atom stereocenters. The van der Waals surface area contributed by atoms with E-state index in [0.717, 1.165) is 73.1 Å². The lowest BCUT2D eigenvalue weighted by Crippen LogP contribution is -2.27. The maximum atomic E-state index is 5.50. The number of benzene rings is 5. The van der Waals surface area contributed by atoms with Crippen LogP contribution in [0.3, 0.4) is 0 Å². The van der Waals surface area contributed by atoms with Crippen LogP contribution < -0.4 is 26.0 Å². The van der Waals surface area contributed by atoms with Crippen molar-refractivity contribution in [1.29, 1.82) is 0 Å². The molecular weight excluding hydrogens is 716 g/mol. The lowest BCUT2D eigenvalue weighted by molar-refractivity contribution is 1.19. The third-order valence-electron chi connectivity index (χ3n) is 9.53. The van der Waals surface area contributed by atoms with Gasteiger partial charge in [-0.15, -0.1) is 0 Å². The third kappa shape index (κ3) is 7.81. The highest BCUT2D eigenvalue weighted by molar-refractivity contribution is 7.79. The number of nitrogens with zero attached hydrogens (tertiary/aromatic N) is 6. The Morgan fingerprint density at radius 1 is 0.333 bits per heavy atom. The van der Waals surface area contributed by atoms with Gasteiger partial charge in [0.1, 0.15) is 11.6 Å². The highest BCUT2D eigenvalue weighted by atomic mass is 31.1. The summed E-state index contributed by atoms with van der Waals surface area (Å²) in [4.78, 5) is 24.7. The number of anilines is 6. The molecule has 0 N–H and O–H groups in total. The van der Waals surface area contributed by atoms with Crippen molar-refractivity contribution in [2.75, 3.05) is 9.80 Å². The van der Waals surface area contributed by atoms with E-state index in [1.54, 1.807) is 0 Å². The summed E-state index contributed by atoms with van der Waals surface area (Å²) in [5, 5.41) is 1.16. The molecule has 0 radical (unpaired) electrons. The lowest BCUT2D eigenvalue weighted by atomic mass is 10.1. The Balaban J connectivity index is 1.16. The molecule has 9 rings (SSSR count). The van der Waals surface area contributed by atoms with Gasteiger partial charge in [0.25, 0.3) is 0 Å². The van der Waals surface area contributed by atoms with E-state index >= 15 is 0 Å². The number of aromatic nitrogens is 4. The van der Waals surface area contributed by atoms with Gasteiger partial charge in [0, 0.05) is 54.2 Å². The minimum atomic E-state index is -1.18. The Morgan fingerprint density at radius 2 is 0.737 bits per heavy atom. The molecule has 4 heterocycles. The SMILES string of the molecule is c1ccc(N(c2cccc(-c3ccccn3)c2)c2cccc(P(c3ccccc3)c3cccc(N(c4ccccc4)c4cccc(-c5ccccn5)c4)n3)n2)cc1. The summed E-state index contributed by atoms with van der Waals surface area (Å²) in [5.41, 5.74) is 9.80. The van der Waals surface area contributed by atoms with Crippen LogP contribution in [-0.4, -0.2) is 19.9 Å². The summed E-state index contributed by atoms with van der Waals surface area (Å²) in [5.74, 6) is 1.63. The van der Waals surface area contributed by atoms with Crippen LogP contribution in [0.5, 0.6) is 0 Å². The first-order chi connectivity index (χ1) is 28.3. The first-order valence-corrected chi connectivity index (χ1v) is 20.2. The second-order valence-corrected chi connectivity index (χ2v) is 15.4. The fourth-order valence-corrected chi connectivity index (χ4v) is 9.05. The second kappa shape index (κ2) is 16.6. The summed E-state index contributed by atoms with van der Waals surface area (Å²) in [7, 11) is -1.18. The van der Waals surface area contributed by atoms with E-state index in [1.165, 1.54) is 0 Å². The monoisotopic (exact) mass is 752 g/mol. The van der Waals surface area contributed by atoms with E-state index in [-0.39, 0.29) is 0 Å². The van der Waals surface area contributed by atoms with Crippen molar-refractivity contribution < 1.29 is 0 Å². The van der Waals surface area contributed by atoms with Crippen LogP contribution in [0.15, 0.2) is 225 Å². The van der Waals surface area contributed by atoms with Crippen LogP contribution in [0.4, 0.5) is 34.4 Å². The van der Waals surface area contributed by atoms with Gasteiger partial charge in [0.15, 0.2) is 0 Å². The van der Waals surface area contributed by atoms with Gasteiger partial charge in [0.05, 0.1) is 22.3 Å². The minimum absolute atomic E-state index is 0.814. The number of pyridine rings is 4. The van der Waals surface area contributed by atoms with E-state index in [9.17, 15) is 0 Å². The molecule has 0 unspecified atom stereocenters. The summed E-state index contributed by atoms with van der Waals surface area (Å²) < 4.78 is 0. The predicted molar refractivity (Wildman–Crippen MR) is 237 cm³/mol. The third-order valence-corrected chi connectivity index (χ3v) is 11.8. The molecule has 57 heavy (non-hydrogen) atoms. The van der Waals surface area contributed by atoms with Crippen LogP contribution in [0.25, 0.3) is 22.5 Å². The predicted octanol–water partition coefficient (Wildman–Crippen LogP) is 11.3. The standard InChI is InChI=1S/C50H37N6P/c1-4-20-40(21-5-1)55(42-24-14-18-38(36-42)45-28-10-12-34-51-45)47-30-16-32-49(53-47)57(44-26-8-3-9-27-44)50-33-17-31-48(54-50)56(41-22-6-2-7-23-41)43-25-15-19-39(37-43)46-29-11-13-35-52-46/h1-37H. The molecule has 0 saturated carbocycles. The molecule has 0 amide bonds. The van der Waals surface area contributed by atoms with Gasteiger partial charge >= 0.3 is 0 Å². The topological polar surface area (TPSA) is 58.0 Å². The van der Waals surface area contributed by atoms with Crippen molar-refractivity contribution >= 4 is 58.5 Å². The van der Waals surface area contributed by atoms with Crippen LogP contribution in [-0.2, 0) is 0 Å². The van der Waals surface area contributed by atoms with Crippen molar-refractivity contribution in [2.24, 2.45) is 0 Å². The van der Waals surface area contributed by atoms with E-state index in [1.807, 2.05) is 60.9 Å². The number of rotatable bonds is 11. The van der Waals surface area contributed by atoms with Crippen molar-refractivity contribution in [1.82, 2.24) is 19.9 Å². The summed E-state index contributed by atoms with van der Waals surface area (Å²) in [6.45, 7) is 0. The van der Waals surface area contributed by atoms with Crippen LogP contribution in [0.1, 0.15) is 0 Å². The summed E-state index contributed by atoms with van der Waals surface area (Å²) in [6, 6.07) is 73.0. The molecule has 272 valence electrons. The maximum Gasteiger partial charge on any atom is 0.138 e. The largest absolute Gasteiger partial charge is 0.295 e. The molecule has 0 aliphatic heterocycles. The van der Waals surface area contributed by atoms with Crippen molar-refractivity contribution in [3.05, 3.63) is 225 Å². The zero-order valence-corrected chi connectivity index (χ0v) is 31.9. The Morgan fingerprint density at radius 3 is 1.18 bits per heavy atom. The van der Waals surface area contributed by atoms with Gasteiger partial charge in [-0.25, -0.2) is 9.97 Å². The Kier molecular flexibility index (Phi) is 10.3. The molecule has 6 nitrogen and oxygen atoms in total. The molecule has 0 aliphatic rings. The Labute approximate surface area is 334 Å². The number of hydrogen-bond acceptors (Lipinski definition) is 6. The van der Waals surface area contributed by atoms with Crippen molar-refractivity contribution in [2.45, 2.75) is 0 Å². The second-order valence-electron chi connectivity index (χ2n) is 13.3.